The van der Waals surface area contributed by atoms with E-state index in [1.54, 1.807) is 6.92 Å². The van der Waals surface area contributed by atoms with E-state index in [1.165, 1.54) is 27.4 Å². The Kier molecular flexibility index (Phi) is 5.92. The van der Waals surface area contributed by atoms with E-state index in [4.69, 9.17) is 14.2 Å². The van der Waals surface area contributed by atoms with Crippen molar-refractivity contribution in [1.29, 1.82) is 0 Å². The minimum Gasteiger partial charge on any atom is -0.493 e. The summed E-state index contributed by atoms with van der Waals surface area (Å²) in [6.45, 7) is 2.03. The van der Waals surface area contributed by atoms with Crippen LogP contribution in [0.2, 0.25) is 0 Å². The summed E-state index contributed by atoms with van der Waals surface area (Å²) in [5.41, 5.74) is -0.449. The lowest BCUT2D eigenvalue weighted by Gasteiger charge is -2.14. The number of carbonyl (C=O) groups excluding carboxylic acids is 1. The molecule has 8 nitrogen and oxygen atoms in total. The second-order valence-electron chi connectivity index (χ2n) is 4.31. The first kappa shape index (κ1) is 16.7. The van der Waals surface area contributed by atoms with Crippen LogP contribution in [0.25, 0.3) is 0 Å². The molecule has 0 saturated heterocycles. The lowest BCUT2D eigenvalue weighted by atomic mass is 10.1. The van der Waals surface area contributed by atoms with Gasteiger partial charge in [-0.3, -0.25) is 14.9 Å². The second kappa shape index (κ2) is 7.44. The molecule has 1 amide bonds. The van der Waals surface area contributed by atoms with Gasteiger partial charge in [-0.25, -0.2) is 0 Å². The van der Waals surface area contributed by atoms with Gasteiger partial charge in [0, 0.05) is 19.2 Å². The largest absolute Gasteiger partial charge is 0.493 e. The van der Waals surface area contributed by atoms with Gasteiger partial charge < -0.3 is 19.5 Å². The fourth-order valence-corrected chi connectivity index (χ4v) is 1.79. The van der Waals surface area contributed by atoms with Crippen LogP contribution >= 0.6 is 0 Å². The van der Waals surface area contributed by atoms with E-state index in [9.17, 15) is 14.9 Å². The Bertz CT molecular complexity index is 532. The van der Waals surface area contributed by atoms with Gasteiger partial charge in [-0.2, -0.15) is 0 Å². The Morgan fingerprint density at radius 2 is 1.86 bits per heavy atom. The smallest absolute Gasteiger partial charge is 0.286 e. The predicted octanol–water partition coefficient (Wildman–Crippen LogP) is 1.38. The van der Waals surface area contributed by atoms with Gasteiger partial charge in [0.05, 0.1) is 31.8 Å². The van der Waals surface area contributed by atoms with Crippen molar-refractivity contribution in [2.75, 3.05) is 27.9 Å². The number of ether oxygens (including phenoxy) is 3. The van der Waals surface area contributed by atoms with Crippen LogP contribution in [0.1, 0.15) is 17.3 Å². The first-order valence-electron chi connectivity index (χ1n) is 6.14. The van der Waals surface area contributed by atoms with Gasteiger partial charge in [-0.15, -0.1) is 0 Å². The highest BCUT2D eigenvalue weighted by Gasteiger charge is 2.25. The number of nitrogens with one attached hydrogen (secondary N) is 1. The van der Waals surface area contributed by atoms with Crippen LogP contribution in [0.4, 0.5) is 5.69 Å². The molecule has 0 aliphatic carbocycles. The summed E-state index contributed by atoms with van der Waals surface area (Å²) in [5.74, 6) is -0.148. The molecule has 0 fully saturated rings. The summed E-state index contributed by atoms with van der Waals surface area (Å²) in [5, 5.41) is 13.7. The van der Waals surface area contributed by atoms with Gasteiger partial charge in [-0.05, 0) is 6.92 Å². The Morgan fingerprint density at radius 1 is 1.29 bits per heavy atom. The molecule has 1 rings (SSSR count). The first-order valence-corrected chi connectivity index (χ1v) is 6.14. The van der Waals surface area contributed by atoms with E-state index in [-0.39, 0.29) is 28.8 Å². The third-order valence-corrected chi connectivity index (χ3v) is 2.74. The highest BCUT2D eigenvalue weighted by atomic mass is 16.6. The Morgan fingerprint density at radius 3 is 2.33 bits per heavy atom. The molecule has 1 aromatic rings. The highest BCUT2D eigenvalue weighted by molar-refractivity contribution is 5.99. The molecule has 21 heavy (non-hydrogen) atoms. The van der Waals surface area contributed by atoms with Gasteiger partial charge >= 0.3 is 0 Å². The molecule has 0 spiro atoms. The molecule has 116 valence electrons. The molecule has 0 radical (unpaired) electrons. The van der Waals surface area contributed by atoms with Crippen molar-refractivity contribution in [3.05, 3.63) is 27.8 Å². The number of nitro groups is 1. The van der Waals surface area contributed by atoms with Crippen molar-refractivity contribution >= 4 is 11.6 Å². The molecule has 0 bridgehead atoms. The number of amides is 1. The molecule has 8 heteroatoms. The SMILES string of the molecule is COC[C@H](C)NC(=O)c1cc(OC)c(OC)cc1[N+](=O)[O-]. The number of nitrogens with zero attached hydrogens (tertiary/aromatic N) is 1. The third-order valence-electron chi connectivity index (χ3n) is 2.74. The summed E-state index contributed by atoms with van der Waals surface area (Å²) >= 11 is 0. The average Bonchev–Trinajstić information content (AvgIpc) is 2.45. The van der Waals surface area contributed by atoms with Crippen molar-refractivity contribution in [1.82, 2.24) is 5.32 Å². The van der Waals surface area contributed by atoms with E-state index >= 15 is 0 Å². The second-order valence-corrected chi connectivity index (χ2v) is 4.31. The fourth-order valence-electron chi connectivity index (χ4n) is 1.79. The van der Waals surface area contributed by atoms with Crippen molar-refractivity contribution in [3.8, 4) is 11.5 Å². The molecule has 1 N–H and O–H groups in total. The molecule has 0 aliphatic heterocycles. The molecular formula is C13H18N2O6. The summed E-state index contributed by atoms with van der Waals surface area (Å²) in [6, 6.07) is 2.16. The number of rotatable bonds is 7. The summed E-state index contributed by atoms with van der Waals surface area (Å²) < 4.78 is 15.0. The van der Waals surface area contributed by atoms with Crippen LogP contribution in [0.5, 0.6) is 11.5 Å². The lowest BCUT2D eigenvalue weighted by molar-refractivity contribution is -0.385. The molecule has 0 heterocycles. The normalized spacial score (nSPS) is 11.6. The molecule has 0 aromatic heterocycles. The zero-order chi connectivity index (χ0) is 16.0. The van der Waals surface area contributed by atoms with Crippen molar-refractivity contribution < 1.29 is 23.9 Å². The maximum Gasteiger partial charge on any atom is 0.286 e. The van der Waals surface area contributed by atoms with Crippen molar-refractivity contribution in [2.24, 2.45) is 0 Å². The minimum atomic E-state index is -0.641. The molecule has 0 unspecified atom stereocenters. The van der Waals surface area contributed by atoms with E-state index in [0.29, 0.717) is 6.61 Å². The number of nitro benzene ring substituents is 1. The highest BCUT2D eigenvalue weighted by Crippen LogP contribution is 2.34. The summed E-state index contributed by atoms with van der Waals surface area (Å²) in [7, 11) is 4.25. The van der Waals surface area contributed by atoms with Gasteiger partial charge in [0.1, 0.15) is 5.56 Å². The maximum absolute atomic E-state index is 12.2. The van der Waals surface area contributed by atoms with Crippen LogP contribution in [0.3, 0.4) is 0 Å². The predicted molar refractivity (Wildman–Crippen MR) is 75.0 cm³/mol. The Labute approximate surface area is 122 Å². The van der Waals surface area contributed by atoms with E-state index in [1.807, 2.05) is 0 Å². The zero-order valence-electron chi connectivity index (χ0n) is 12.3. The topological polar surface area (TPSA) is 99.9 Å². The summed E-state index contributed by atoms with van der Waals surface area (Å²) in [4.78, 5) is 22.6. The molecule has 1 atom stereocenters. The summed E-state index contributed by atoms with van der Waals surface area (Å²) in [6.07, 6.45) is 0. The van der Waals surface area contributed by atoms with Crippen LogP contribution in [-0.4, -0.2) is 44.8 Å². The third kappa shape index (κ3) is 4.06. The Balaban J connectivity index is 3.20. The van der Waals surface area contributed by atoms with Crippen LogP contribution in [0, 0.1) is 10.1 Å². The number of hydrogen-bond acceptors (Lipinski definition) is 6. The lowest BCUT2D eigenvalue weighted by Crippen LogP contribution is -2.35. The maximum atomic E-state index is 12.2. The average molecular weight is 298 g/mol. The van der Waals surface area contributed by atoms with Gasteiger partial charge in [0.25, 0.3) is 11.6 Å². The van der Waals surface area contributed by atoms with E-state index in [0.717, 1.165) is 6.07 Å². The molecule has 0 aliphatic rings. The van der Waals surface area contributed by atoms with Gasteiger partial charge in [-0.1, -0.05) is 0 Å². The molecule has 0 saturated carbocycles. The zero-order valence-corrected chi connectivity index (χ0v) is 12.3. The van der Waals surface area contributed by atoms with Crippen molar-refractivity contribution in [3.63, 3.8) is 0 Å². The number of benzene rings is 1. The van der Waals surface area contributed by atoms with E-state index in [2.05, 4.69) is 5.32 Å². The van der Waals surface area contributed by atoms with Gasteiger partial charge in [0.2, 0.25) is 0 Å². The van der Waals surface area contributed by atoms with Crippen LogP contribution < -0.4 is 14.8 Å². The van der Waals surface area contributed by atoms with Crippen molar-refractivity contribution in [2.45, 2.75) is 13.0 Å². The number of carbonyl (C=O) groups is 1. The van der Waals surface area contributed by atoms with Crippen LogP contribution in [0.15, 0.2) is 12.1 Å². The number of hydrogen-bond donors (Lipinski definition) is 1. The molecular weight excluding hydrogens is 280 g/mol. The Hall–Kier alpha value is -2.35. The fraction of sp³-hybridized carbons (Fsp3) is 0.462. The van der Waals surface area contributed by atoms with Gasteiger partial charge in [0.15, 0.2) is 11.5 Å². The standard InChI is InChI=1S/C13H18N2O6/c1-8(7-19-2)14-13(16)9-5-11(20-3)12(21-4)6-10(9)15(17)18/h5-6,8H,7H2,1-4H3,(H,14,16)/t8-/m0/s1. The first-order chi connectivity index (χ1) is 9.94. The number of methoxy groups -OCH3 is 3. The monoisotopic (exact) mass is 298 g/mol. The van der Waals surface area contributed by atoms with E-state index < -0.39 is 10.8 Å². The van der Waals surface area contributed by atoms with Crippen LogP contribution in [-0.2, 0) is 4.74 Å². The minimum absolute atomic E-state index is 0.0967. The molecule has 1 aromatic carbocycles. The quantitative estimate of drug-likeness (QED) is 0.603.